The number of esters is 1. The number of hydrogen-bond acceptors (Lipinski definition) is 5. The summed E-state index contributed by atoms with van der Waals surface area (Å²) in [4.78, 5) is 24.0. The predicted molar refractivity (Wildman–Crippen MR) is 106 cm³/mol. The number of aryl methyl sites for hydroxylation is 1. The van der Waals surface area contributed by atoms with E-state index in [-0.39, 0.29) is 6.42 Å². The average molecular weight is 401 g/mol. The maximum Gasteiger partial charge on any atom is 0.306 e. The van der Waals surface area contributed by atoms with Gasteiger partial charge in [-0.25, -0.2) is 0 Å². The largest absolute Gasteiger partial charge is 0.494 e. The van der Waals surface area contributed by atoms with Crippen molar-refractivity contribution in [1.82, 2.24) is 0 Å². The molecule has 0 spiro atoms. The molecule has 1 N–H and O–H groups in total. The van der Waals surface area contributed by atoms with Crippen LogP contribution in [-0.4, -0.2) is 24.6 Å². The summed E-state index contributed by atoms with van der Waals surface area (Å²) < 4.78 is 10.7. The van der Waals surface area contributed by atoms with Gasteiger partial charge in [0.2, 0.25) is 0 Å². The van der Waals surface area contributed by atoms with E-state index >= 15 is 0 Å². The maximum atomic E-state index is 12.1. The molecule has 0 aliphatic carbocycles. The van der Waals surface area contributed by atoms with Gasteiger partial charge < -0.3 is 14.8 Å². The first kappa shape index (κ1) is 21.3. The standard InChI is InChI=1S/C21H21ClN2O4/c1-14-12-18(9-10-19(14)22)27-11-3-4-20(25)28-15(2)21(26)24-17-7-5-16(13-23)6-8-17/h5-10,12,15H,3-4,11H2,1-2H3,(H,24,26). The number of ether oxygens (including phenoxy) is 2. The van der Waals surface area contributed by atoms with E-state index in [0.717, 1.165) is 5.56 Å². The molecule has 0 heterocycles. The molecule has 0 aliphatic heterocycles. The number of carbonyl (C=O) groups is 2. The normalized spacial score (nSPS) is 11.2. The second-order valence-electron chi connectivity index (χ2n) is 6.17. The number of anilines is 1. The first-order chi connectivity index (χ1) is 13.4. The van der Waals surface area contributed by atoms with Gasteiger partial charge in [-0.05, 0) is 68.3 Å². The van der Waals surface area contributed by atoms with Crippen molar-refractivity contribution < 1.29 is 19.1 Å². The molecule has 28 heavy (non-hydrogen) atoms. The van der Waals surface area contributed by atoms with Gasteiger partial charge in [0, 0.05) is 17.1 Å². The van der Waals surface area contributed by atoms with Crippen molar-refractivity contribution >= 4 is 29.2 Å². The van der Waals surface area contributed by atoms with E-state index in [0.29, 0.717) is 35.1 Å². The predicted octanol–water partition coefficient (Wildman–Crippen LogP) is 4.25. The van der Waals surface area contributed by atoms with Crippen molar-refractivity contribution in [3.05, 3.63) is 58.6 Å². The number of halogens is 1. The van der Waals surface area contributed by atoms with Gasteiger partial charge in [0.05, 0.1) is 18.2 Å². The second kappa shape index (κ2) is 10.3. The van der Waals surface area contributed by atoms with Gasteiger partial charge in [-0.2, -0.15) is 5.26 Å². The number of hydrogen-bond donors (Lipinski definition) is 1. The van der Waals surface area contributed by atoms with Crippen LogP contribution in [0.15, 0.2) is 42.5 Å². The fourth-order valence-electron chi connectivity index (χ4n) is 2.30. The van der Waals surface area contributed by atoms with Gasteiger partial charge >= 0.3 is 5.97 Å². The highest BCUT2D eigenvalue weighted by Gasteiger charge is 2.17. The summed E-state index contributed by atoms with van der Waals surface area (Å²) in [6.45, 7) is 3.74. The van der Waals surface area contributed by atoms with Crippen molar-refractivity contribution in [2.24, 2.45) is 0 Å². The van der Waals surface area contributed by atoms with Crippen molar-refractivity contribution in [2.45, 2.75) is 32.8 Å². The van der Waals surface area contributed by atoms with Crippen molar-refractivity contribution in [3.8, 4) is 11.8 Å². The molecular formula is C21H21ClN2O4. The Morgan fingerprint density at radius 2 is 1.93 bits per heavy atom. The van der Waals surface area contributed by atoms with Crippen LogP contribution in [0.1, 0.15) is 30.9 Å². The monoisotopic (exact) mass is 400 g/mol. The maximum absolute atomic E-state index is 12.1. The molecule has 0 aromatic heterocycles. The molecule has 7 heteroatoms. The number of nitrogens with one attached hydrogen (secondary N) is 1. The Balaban J connectivity index is 1.70. The molecule has 0 fully saturated rings. The lowest BCUT2D eigenvalue weighted by Crippen LogP contribution is -2.30. The van der Waals surface area contributed by atoms with E-state index in [9.17, 15) is 9.59 Å². The quantitative estimate of drug-likeness (QED) is 0.528. The SMILES string of the molecule is Cc1cc(OCCCC(=O)OC(C)C(=O)Nc2ccc(C#N)cc2)ccc1Cl. The van der Waals surface area contributed by atoms with Crippen molar-refractivity contribution in [3.63, 3.8) is 0 Å². The summed E-state index contributed by atoms with van der Waals surface area (Å²) in [7, 11) is 0. The molecule has 146 valence electrons. The van der Waals surface area contributed by atoms with Gasteiger partial charge in [0.15, 0.2) is 6.10 Å². The zero-order valence-electron chi connectivity index (χ0n) is 15.7. The number of carbonyl (C=O) groups excluding carboxylic acids is 2. The fraction of sp³-hybridized carbons (Fsp3) is 0.286. The molecular weight excluding hydrogens is 380 g/mol. The van der Waals surface area contributed by atoms with Crippen LogP contribution >= 0.6 is 11.6 Å². The zero-order chi connectivity index (χ0) is 20.5. The molecule has 2 rings (SSSR count). The Morgan fingerprint density at radius 1 is 1.21 bits per heavy atom. The second-order valence-corrected chi connectivity index (χ2v) is 6.58. The number of amides is 1. The van der Waals surface area contributed by atoms with Crippen LogP contribution in [0.5, 0.6) is 5.75 Å². The van der Waals surface area contributed by atoms with Crippen LogP contribution in [0.2, 0.25) is 5.02 Å². The smallest absolute Gasteiger partial charge is 0.306 e. The average Bonchev–Trinajstić information content (AvgIpc) is 2.68. The summed E-state index contributed by atoms with van der Waals surface area (Å²) in [5, 5.41) is 12.1. The first-order valence-electron chi connectivity index (χ1n) is 8.78. The van der Waals surface area contributed by atoms with Gasteiger partial charge in [0.25, 0.3) is 5.91 Å². The topological polar surface area (TPSA) is 88.4 Å². The molecule has 1 unspecified atom stereocenters. The third-order valence-corrected chi connectivity index (χ3v) is 4.31. The molecule has 1 amide bonds. The van der Waals surface area contributed by atoms with E-state index < -0.39 is 18.0 Å². The minimum atomic E-state index is -0.928. The summed E-state index contributed by atoms with van der Waals surface area (Å²) in [6, 6.07) is 13.8. The molecule has 0 radical (unpaired) electrons. The molecule has 0 aliphatic rings. The van der Waals surface area contributed by atoms with E-state index in [1.165, 1.54) is 6.92 Å². The third-order valence-electron chi connectivity index (χ3n) is 3.88. The third kappa shape index (κ3) is 6.60. The number of nitrogens with zero attached hydrogens (tertiary/aromatic N) is 1. The van der Waals surface area contributed by atoms with Crippen LogP contribution in [0.4, 0.5) is 5.69 Å². The van der Waals surface area contributed by atoms with Gasteiger partial charge in [0.1, 0.15) is 5.75 Å². The fourth-order valence-corrected chi connectivity index (χ4v) is 2.41. The minimum absolute atomic E-state index is 0.140. The molecule has 0 saturated heterocycles. The molecule has 0 bridgehead atoms. The highest BCUT2D eigenvalue weighted by molar-refractivity contribution is 6.31. The Hall–Kier alpha value is -3.04. The van der Waals surface area contributed by atoms with Crippen LogP contribution in [0.3, 0.4) is 0 Å². The number of nitriles is 1. The van der Waals surface area contributed by atoms with Gasteiger partial charge in [-0.15, -0.1) is 0 Å². The van der Waals surface area contributed by atoms with Gasteiger partial charge in [-0.1, -0.05) is 11.6 Å². The Bertz CT molecular complexity index is 875. The molecule has 2 aromatic carbocycles. The number of rotatable bonds is 8. The molecule has 6 nitrogen and oxygen atoms in total. The molecule has 2 aromatic rings. The summed E-state index contributed by atoms with van der Waals surface area (Å²) in [5.74, 6) is -0.227. The zero-order valence-corrected chi connectivity index (χ0v) is 16.5. The van der Waals surface area contributed by atoms with Gasteiger partial charge in [-0.3, -0.25) is 9.59 Å². The lowest BCUT2D eigenvalue weighted by atomic mass is 10.2. The lowest BCUT2D eigenvalue weighted by molar-refractivity contribution is -0.153. The van der Waals surface area contributed by atoms with Crippen LogP contribution in [0, 0.1) is 18.3 Å². The summed E-state index contributed by atoms with van der Waals surface area (Å²) in [6.07, 6.45) is -0.325. The van der Waals surface area contributed by atoms with E-state index in [1.807, 2.05) is 19.1 Å². The van der Waals surface area contributed by atoms with E-state index in [4.69, 9.17) is 26.3 Å². The summed E-state index contributed by atoms with van der Waals surface area (Å²) in [5.41, 5.74) is 1.94. The Morgan fingerprint density at radius 3 is 2.57 bits per heavy atom. The van der Waals surface area contributed by atoms with Crippen LogP contribution < -0.4 is 10.1 Å². The lowest BCUT2D eigenvalue weighted by Gasteiger charge is -2.14. The Labute approximate surface area is 169 Å². The van der Waals surface area contributed by atoms with Crippen molar-refractivity contribution in [2.75, 3.05) is 11.9 Å². The highest BCUT2D eigenvalue weighted by atomic mass is 35.5. The van der Waals surface area contributed by atoms with Crippen LogP contribution in [0.25, 0.3) is 0 Å². The number of benzene rings is 2. The highest BCUT2D eigenvalue weighted by Crippen LogP contribution is 2.21. The first-order valence-corrected chi connectivity index (χ1v) is 9.16. The van der Waals surface area contributed by atoms with Crippen molar-refractivity contribution in [1.29, 1.82) is 5.26 Å². The van der Waals surface area contributed by atoms with E-state index in [2.05, 4.69) is 5.32 Å². The van der Waals surface area contributed by atoms with E-state index in [1.54, 1.807) is 36.4 Å². The minimum Gasteiger partial charge on any atom is -0.494 e. The summed E-state index contributed by atoms with van der Waals surface area (Å²) >= 11 is 5.96. The molecule has 1 atom stereocenters. The molecule has 0 saturated carbocycles. The van der Waals surface area contributed by atoms with Crippen LogP contribution in [-0.2, 0) is 14.3 Å². The Kier molecular flexibility index (Phi) is 7.85.